The normalized spacial score (nSPS) is 33.4. The van der Waals surface area contributed by atoms with Crippen LogP contribution in [0.5, 0.6) is 0 Å². The Morgan fingerprint density at radius 1 is 1.02 bits per heavy atom. The molecule has 4 aliphatic rings. The van der Waals surface area contributed by atoms with Crippen LogP contribution in [0, 0.1) is 17.3 Å². The molecule has 0 aromatic carbocycles. The number of carboxylic acids is 1. The van der Waals surface area contributed by atoms with Crippen molar-refractivity contribution in [2.45, 2.75) is 147 Å². The van der Waals surface area contributed by atoms with Crippen molar-refractivity contribution in [3.8, 4) is 0 Å². The molecular formula is C33H54O7. The van der Waals surface area contributed by atoms with Crippen LogP contribution in [0.1, 0.15) is 116 Å². The highest BCUT2D eigenvalue weighted by molar-refractivity contribution is 5.66. The number of unbranched alkanes of at least 4 members (excludes halogenated alkanes) is 1. The van der Waals surface area contributed by atoms with E-state index in [-0.39, 0.29) is 48.5 Å². The molecule has 2 saturated carbocycles. The van der Waals surface area contributed by atoms with Crippen LogP contribution in [0.4, 0.5) is 0 Å². The lowest BCUT2D eigenvalue weighted by Gasteiger charge is -2.48. The highest BCUT2D eigenvalue weighted by Crippen LogP contribution is 2.50. The fraction of sp³-hybridized carbons (Fsp3) is 0.848. The maximum atomic E-state index is 11.1. The molecule has 3 unspecified atom stereocenters. The number of carbonyl (C=O) groups is 1. The quantitative estimate of drug-likeness (QED) is 0.156. The number of carboxylic acid groups (broad SMARTS) is 1. The van der Waals surface area contributed by atoms with Gasteiger partial charge in [0, 0.05) is 32.0 Å². The summed E-state index contributed by atoms with van der Waals surface area (Å²) >= 11 is 0. The maximum absolute atomic E-state index is 11.1. The summed E-state index contributed by atoms with van der Waals surface area (Å²) in [5, 5.41) is 20.0. The van der Waals surface area contributed by atoms with Gasteiger partial charge in [-0.25, -0.2) is 0 Å². The summed E-state index contributed by atoms with van der Waals surface area (Å²) < 4.78 is 25.1. The van der Waals surface area contributed by atoms with Crippen LogP contribution < -0.4 is 0 Å². The van der Waals surface area contributed by atoms with E-state index in [1.807, 2.05) is 0 Å². The molecule has 0 aromatic rings. The van der Waals surface area contributed by atoms with Gasteiger partial charge in [-0.2, -0.15) is 0 Å². The Balaban J connectivity index is 1.43. The van der Waals surface area contributed by atoms with E-state index in [2.05, 4.69) is 31.2 Å². The summed E-state index contributed by atoms with van der Waals surface area (Å²) in [6.07, 6.45) is 24.4. The zero-order valence-electron chi connectivity index (χ0n) is 24.7. The maximum Gasteiger partial charge on any atom is 0.303 e. The lowest BCUT2D eigenvalue weighted by molar-refractivity contribution is -0.223. The van der Waals surface area contributed by atoms with E-state index in [1.54, 1.807) is 0 Å². The topological polar surface area (TPSA) is 94.5 Å². The molecule has 7 nitrogen and oxygen atoms in total. The minimum atomic E-state index is -0.755. The summed E-state index contributed by atoms with van der Waals surface area (Å²) in [5.74, 6) is -0.594. The fourth-order valence-electron chi connectivity index (χ4n) is 7.26. The fourth-order valence-corrected chi connectivity index (χ4v) is 7.26. The van der Waals surface area contributed by atoms with E-state index in [0.29, 0.717) is 12.8 Å². The summed E-state index contributed by atoms with van der Waals surface area (Å²) in [5.41, 5.74) is 0.249. The monoisotopic (exact) mass is 562 g/mol. The van der Waals surface area contributed by atoms with Crippen molar-refractivity contribution in [3.05, 3.63) is 24.3 Å². The van der Waals surface area contributed by atoms with E-state index in [0.717, 1.165) is 64.6 Å². The molecule has 0 aromatic heterocycles. The number of aliphatic hydroxyl groups is 1. The largest absolute Gasteiger partial charge is 0.481 e. The Bertz CT molecular complexity index is 795. The van der Waals surface area contributed by atoms with Crippen LogP contribution >= 0.6 is 0 Å². The molecule has 2 N–H and O–H groups in total. The Morgan fingerprint density at radius 3 is 2.40 bits per heavy atom. The minimum absolute atomic E-state index is 0.0647. The highest BCUT2D eigenvalue weighted by atomic mass is 16.7. The van der Waals surface area contributed by atoms with E-state index in [9.17, 15) is 9.90 Å². The number of hydrogen-bond acceptors (Lipinski definition) is 6. The first-order valence-electron chi connectivity index (χ1n) is 16.3. The van der Waals surface area contributed by atoms with Gasteiger partial charge in [0.05, 0.1) is 18.3 Å². The number of ether oxygens (including phenoxy) is 4. The van der Waals surface area contributed by atoms with Gasteiger partial charge in [-0.1, -0.05) is 44.1 Å². The van der Waals surface area contributed by atoms with E-state index in [1.165, 1.54) is 38.5 Å². The van der Waals surface area contributed by atoms with Gasteiger partial charge in [0.2, 0.25) is 0 Å². The van der Waals surface area contributed by atoms with Crippen LogP contribution in [0.3, 0.4) is 0 Å². The molecule has 0 bridgehead atoms. The van der Waals surface area contributed by atoms with Gasteiger partial charge in [-0.05, 0) is 94.8 Å². The number of aliphatic hydroxyl groups excluding tert-OH is 1. The van der Waals surface area contributed by atoms with Crippen molar-refractivity contribution < 1.29 is 34.0 Å². The van der Waals surface area contributed by atoms with E-state index >= 15 is 0 Å². The first kappa shape index (κ1) is 31.7. The summed E-state index contributed by atoms with van der Waals surface area (Å²) in [6.45, 7) is 3.81. The zero-order valence-corrected chi connectivity index (χ0v) is 24.7. The molecule has 228 valence electrons. The molecule has 2 aliphatic heterocycles. The van der Waals surface area contributed by atoms with Crippen molar-refractivity contribution in [1.82, 2.24) is 0 Å². The van der Waals surface area contributed by atoms with Crippen molar-refractivity contribution in [3.63, 3.8) is 0 Å². The van der Waals surface area contributed by atoms with E-state index in [4.69, 9.17) is 24.1 Å². The number of aliphatic carboxylic acids is 1. The highest BCUT2D eigenvalue weighted by Gasteiger charge is 2.45. The average Bonchev–Trinajstić information content (AvgIpc) is 3.22. The number of rotatable bonds is 16. The number of allylic oxidation sites excluding steroid dienone is 2. The van der Waals surface area contributed by atoms with Gasteiger partial charge in [-0.3, -0.25) is 4.79 Å². The number of hydrogen-bond donors (Lipinski definition) is 2. The van der Waals surface area contributed by atoms with Crippen molar-refractivity contribution in [2.24, 2.45) is 17.3 Å². The lowest BCUT2D eigenvalue weighted by Crippen LogP contribution is -2.45. The second-order valence-corrected chi connectivity index (χ2v) is 12.6. The first-order chi connectivity index (χ1) is 19.5. The summed E-state index contributed by atoms with van der Waals surface area (Å²) in [6, 6.07) is 0. The van der Waals surface area contributed by atoms with Crippen LogP contribution in [0.15, 0.2) is 24.3 Å². The molecule has 0 spiro atoms. The Kier molecular flexibility index (Phi) is 13.0. The van der Waals surface area contributed by atoms with Crippen LogP contribution in [-0.4, -0.2) is 60.3 Å². The molecule has 2 heterocycles. The van der Waals surface area contributed by atoms with E-state index < -0.39 is 12.1 Å². The first-order valence-corrected chi connectivity index (χ1v) is 16.3. The van der Waals surface area contributed by atoms with Crippen molar-refractivity contribution in [1.29, 1.82) is 0 Å². The Morgan fingerprint density at radius 2 is 1.77 bits per heavy atom. The lowest BCUT2D eigenvalue weighted by atomic mass is 9.62. The second-order valence-electron chi connectivity index (χ2n) is 12.6. The predicted octanol–water partition coefficient (Wildman–Crippen LogP) is 6.92. The summed E-state index contributed by atoms with van der Waals surface area (Å²) in [7, 11) is 0. The predicted molar refractivity (Wildman–Crippen MR) is 155 cm³/mol. The van der Waals surface area contributed by atoms with Gasteiger partial charge in [0.1, 0.15) is 0 Å². The minimum Gasteiger partial charge on any atom is -0.481 e. The third-order valence-electron chi connectivity index (χ3n) is 9.64. The van der Waals surface area contributed by atoms with Crippen molar-refractivity contribution >= 4 is 5.97 Å². The molecule has 4 fully saturated rings. The molecule has 2 saturated heterocycles. The molecular weight excluding hydrogens is 508 g/mol. The van der Waals surface area contributed by atoms with Crippen molar-refractivity contribution in [2.75, 3.05) is 13.2 Å². The Labute approximate surface area is 241 Å². The van der Waals surface area contributed by atoms with Crippen LogP contribution in [0.2, 0.25) is 0 Å². The standard InChI is InChI=1S/C33H54O7/c1-2-19-33(20-12-21-33)29(40-32-18-8-10-23-38-32)15-11-14-26-25(13-5-3-4-6-16-30(35)36)27(34)24-28(26)39-31-17-7-9-22-37-31/h3,5,11,14,25-29,31-32,34H,2,4,6-10,12-13,15-24H2,1H3,(H,35,36)/b5-3-,14-11+/t25-,26-,27+,28-,29?,31?,32?/m1/s1. The molecule has 2 aliphatic carbocycles. The Hall–Kier alpha value is -1.25. The molecule has 0 radical (unpaired) electrons. The van der Waals surface area contributed by atoms with Gasteiger partial charge >= 0.3 is 5.97 Å². The second kappa shape index (κ2) is 16.4. The zero-order chi connectivity index (χ0) is 28.2. The third-order valence-corrected chi connectivity index (χ3v) is 9.64. The molecule has 0 amide bonds. The SMILES string of the molecule is CCCC1(C(C/C=C/[C@@H]2[C@@H](C/C=C\CCCC(=O)O)[C@@H](O)C[C@H]2OC2CCCCO2)OC2CCCCO2)CCC1. The third kappa shape index (κ3) is 9.12. The molecule has 4 rings (SSSR count). The molecule has 7 heteroatoms. The van der Waals surface area contributed by atoms with Gasteiger partial charge < -0.3 is 29.2 Å². The molecule has 7 atom stereocenters. The van der Waals surface area contributed by atoms with Crippen LogP contribution in [-0.2, 0) is 23.7 Å². The van der Waals surface area contributed by atoms with Crippen LogP contribution in [0.25, 0.3) is 0 Å². The van der Waals surface area contributed by atoms with Gasteiger partial charge in [-0.15, -0.1) is 0 Å². The smallest absolute Gasteiger partial charge is 0.303 e. The average molecular weight is 563 g/mol. The summed E-state index contributed by atoms with van der Waals surface area (Å²) in [4.78, 5) is 10.8. The molecule has 40 heavy (non-hydrogen) atoms. The van der Waals surface area contributed by atoms with Gasteiger partial charge in [0.25, 0.3) is 0 Å². The van der Waals surface area contributed by atoms with Gasteiger partial charge in [0.15, 0.2) is 12.6 Å².